The summed E-state index contributed by atoms with van der Waals surface area (Å²) < 4.78 is 14.7. The quantitative estimate of drug-likeness (QED) is 0.109. The van der Waals surface area contributed by atoms with Gasteiger partial charge in [0.1, 0.15) is 24.7 Å². The van der Waals surface area contributed by atoms with E-state index in [2.05, 4.69) is 91.8 Å². The lowest BCUT2D eigenvalue weighted by Crippen LogP contribution is -2.11. The second-order valence-electron chi connectivity index (χ2n) is 7.02. The molecule has 0 N–H and O–H groups in total. The summed E-state index contributed by atoms with van der Waals surface area (Å²) >= 11 is 17.9. The van der Waals surface area contributed by atoms with E-state index in [1.165, 1.54) is 44.1 Å². The first-order valence-electron chi connectivity index (χ1n) is 10.2. The fraction of sp³-hybridized carbons (Fsp3) is 0.478. The standard InChI is InChI=1S/C23H27Br5O2/c24-13-7-3-1-2-4-9-18(25)16-17-8-5-6-10-20(17)29-14-15-30-21-12-11-19(26)22(27)23(21)28/h5-6,8,10-12,18H,1-4,7,9,13-16H2. The van der Waals surface area contributed by atoms with Gasteiger partial charge in [-0.15, -0.1) is 0 Å². The van der Waals surface area contributed by atoms with E-state index in [0.717, 1.165) is 36.7 Å². The topological polar surface area (TPSA) is 18.5 Å². The minimum Gasteiger partial charge on any atom is -0.490 e. The Morgan fingerprint density at radius 2 is 1.40 bits per heavy atom. The van der Waals surface area contributed by atoms with Crippen molar-refractivity contribution in [1.82, 2.24) is 0 Å². The lowest BCUT2D eigenvalue weighted by molar-refractivity contribution is 0.215. The average Bonchev–Trinajstić information content (AvgIpc) is 2.74. The highest BCUT2D eigenvalue weighted by Crippen LogP contribution is 2.37. The Hall–Kier alpha value is 0.440. The molecule has 0 aromatic heterocycles. The molecular weight excluding hydrogens is 708 g/mol. The first-order valence-corrected chi connectivity index (χ1v) is 14.6. The smallest absolute Gasteiger partial charge is 0.134 e. The Labute approximate surface area is 222 Å². The molecule has 0 aliphatic rings. The van der Waals surface area contributed by atoms with Crippen molar-refractivity contribution in [1.29, 1.82) is 0 Å². The van der Waals surface area contributed by atoms with Crippen LogP contribution in [0, 0.1) is 0 Å². The van der Waals surface area contributed by atoms with Crippen LogP contribution < -0.4 is 9.47 Å². The highest BCUT2D eigenvalue weighted by molar-refractivity contribution is 9.14. The number of hydrogen-bond acceptors (Lipinski definition) is 2. The third-order valence-corrected chi connectivity index (χ3v) is 9.34. The zero-order chi connectivity index (χ0) is 21.8. The van der Waals surface area contributed by atoms with E-state index in [9.17, 15) is 0 Å². The highest BCUT2D eigenvalue weighted by Gasteiger charge is 2.11. The molecule has 0 aliphatic carbocycles. The molecule has 0 bridgehead atoms. The van der Waals surface area contributed by atoms with Crippen LogP contribution in [-0.4, -0.2) is 23.4 Å². The van der Waals surface area contributed by atoms with E-state index in [0.29, 0.717) is 18.0 Å². The number of halogens is 5. The van der Waals surface area contributed by atoms with Gasteiger partial charge in [0.05, 0.1) is 4.47 Å². The summed E-state index contributed by atoms with van der Waals surface area (Å²) in [4.78, 5) is 0.478. The number of unbranched alkanes of at least 4 members (excludes halogenated alkanes) is 4. The van der Waals surface area contributed by atoms with E-state index >= 15 is 0 Å². The minimum atomic E-state index is 0.478. The molecule has 2 nitrogen and oxygen atoms in total. The van der Waals surface area contributed by atoms with Crippen molar-refractivity contribution >= 4 is 79.6 Å². The monoisotopic (exact) mass is 730 g/mol. The third-order valence-electron chi connectivity index (χ3n) is 4.66. The Bertz CT molecular complexity index is 769. The van der Waals surface area contributed by atoms with Crippen LogP contribution in [0.5, 0.6) is 11.5 Å². The van der Waals surface area contributed by atoms with Gasteiger partial charge in [-0.3, -0.25) is 0 Å². The Kier molecular flexibility index (Phi) is 13.6. The number of para-hydroxylation sites is 1. The van der Waals surface area contributed by atoms with Crippen molar-refractivity contribution < 1.29 is 9.47 Å². The van der Waals surface area contributed by atoms with E-state index < -0.39 is 0 Å². The summed E-state index contributed by atoms with van der Waals surface area (Å²) in [7, 11) is 0. The van der Waals surface area contributed by atoms with Crippen LogP contribution in [0.3, 0.4) is 0 Å². The molecule has 2 rings (SSSR count). The molecule has 0 heterocycles. The summed E-state index contributed by atoms with van der Waals surface area (Å²) in [5.74, 6) is 1.73. The normalized spacial score (nSPS) is 12.0. The predicted octanol–water partition coefficient (Wildman–Crippen LogP) is 9.47. The summed E-state index contributed by atoms with van der Waals surface area (Å²) in [6.07, 6.45) is 8.68. The lowest BCUT2D eigenvalue weighted by atomic mass is 10.0. The molecule has 166 valence electrons. The second kappa shape index (κ2) is 15.3. The van der Waals surface area contributed by atoms with Crippen molar-refractivity contribution in [3.8, 4) is 11.5 Å². The van der Waals surface area contributed by atoms with Gasteiger partial charge in [-0.1, -0.05) is 75.7 Å². The SMILES string of the molecule is BrCCCCCCCC(Br)Cc1ccccc1OCCOc1ccc(Br)c(Br)c1Br. The Balaban J connectivity index is 1.76. The van der Waals surface area contributed by atoms with Crippen LogP contribution >= 0.6 is 79.6 Å². The number of benzene rings is 2. The first-order chi connectivity index (χ1) is 14.5. The summed E-state index contributed by atoms with van der Waals surface area (Å²) in [5.41, 5.74) is 1.24. The zero-order valence-corrected chi connectivity index (χ0v) is 24.7. The molecule has 0 spiro atoms. The number of rotatable bonds is 14. The van der Waals surface area contributed by atoms with Crippen LogP contribution in [0.4, 0.5) is 0 Å². The van der Waals surface area contributed by atoms with Gasteiger partial charge >= 0.3 is 0 Å². The maximum absolute atomic E-state index is 6.04. The second-order valence-corrected chi connectivity index (χ2v) is 11.6. The van der Waals surface area contributed by atoms with Gasteiger partial charge in [0.2, 0.25) is 0 Å². The van der Waals surface area contributed by atoms with Gasteiger partial charge in [-0.25, -0.2) is 0 Å². The molecule has 0 fully saturated rings. The molecule has 7 heteroatoms. The van der Waals surface area contributed by atoms with Crippen LogP contribution in [0.25, 0.3) is 0 Å². The maximum Gasteiger partial charge on any atom is 0.134 e. The van der Waals surface area contributed by atoms with Crippen molar-refractivity contribution in [2.24, 2.45) is 0 Å². The first kappa shape index (κ1) is 26.7. The average molecular weight is 735 g/mol. The molecule has 1 unspecified atom stereocenters. The molecule has 2 aromatic carbocycles. The van der Waals surface area contributed by atoms with E-state index in [-0.39, 0.29) is 0 Å². The van der Waals surface area contributed by atoms with E-state index in [1.807, 2.05) is 24.3 Å². The molecule has 30 heavy (non-hydrogen) atoms. The highest BCUT2D eigenvalue weighted by atomic mass is 79.9. The fourth-order valence-electron chi connectivity index (χ4n) is 3.07. The molecule has 0 saturated carbocycles. The molecule has 0 radical (unpaired) electrons. The van der Waals surface area contributed by atoms with Crippen LogP contribution in [0.1, 0.15) is 44.1 Å². The lowest BCUT2D eigenvalue weighted by Gasteiger charge is -2.15. The molecular formula is C23H27Br5O2. The van der Waals surface area contributed by atoms with Crippen LogP contribution in [0.15, 0.2) is 49.8 Å². The Morgan fingerprint density at radius 3 is 2.17 bits per heavy atom. The summed E-state index contributed by atoms with van der Waals surface area (Å²) in [6, 6.07) is 12.2. The molecule has 0 aliphatic heterocycles. The van der Waals surface area contributed by atoms with Crippen molar-refractivity contribution in [3.05, 3.63) is 55.4 Å². The van der Waals surface area contributed by atoms with Gasteiger partial charge in [0.15, 0.2) is 0 Å². The molecule has 0 amide bonds. The van der Waals surface area contributed by atoms with Gasteiger partial charge in [-0.2, -0.15) is 0 Å². The van der Waals surface area contributed by atoms with Crippen molar-refractivity contribution in [2.45, 2.75) is 49.8 Å². The maximum atomic E-state index is 6.04. The molecule has 0 saturated heterocycles. The number of ether oxygens (including phenoxy) is 2. The third kappa shape index (κ3) is 9.51. The minimum absolute atomic E-state index is 0.478. The van der Waals surface area contributed by atoms with E-state index in [4.69, 9.17) is 9.47 Å². The van der Waals surface area contributed by atoms with E-state index in [1.54, 1.807) is 0 Å². The van der Waals surface area contributed by atoms with Gasteiger partial charge < -0.3 is 9.47 Å². The Morgan fingerprint density at radius 1 is 0.733 bits per heavy atom. The number of alkyl halides is 2. The van der Waals surface area contributed by atoms with Gasteiger partial charge in [0, 0.05) is 19.1 Å². The molecule has 2 aromatic rings. The van der Waals surface area contributed by atoms with Crippen LogP contribution in [-0.2, 0) is 6.42 Å². The van der Waals surface area contributed by atoms with Crippen molar-refractivity contribution in [3.63, 3.8) is 0 Å². The predicted molar refractivity (Wildman–Crippen MR) is 145 cm³/mol. The largest absolute Gasteiger partial charge is 0.490 e. The molecule has 1 atom stereocenters. The van der Waals surface area contributed by atoms with Gasteiger partial charge in [0.25, 0.3) is 0 Å². The van der Waals surface area contributed by atoms with Crippen molar-refractivity contribution in [2.75, 3.05) is 18.5 Å². The number of hydrogen-bond donors (Lipinski definition) is 0. The van der Waals surface area contributed by atoms with Gasteiger partial charge in [-0.05, 0) is 90.8 Å². The van der Waals surface area contributed by atoms with Crippen LogP contribution in [0.2, 0.25) is 0 Å². The summed E-state index contributed by atoms with van der Waals surface area (Å²) in [6.45, 7) is 0.977. The zero-order valence-electron chi connectivity index (χ0n) is 16.8. The fourth-order valence-corrected chi connectivity index (χ4v) is 5.52. The summed E-state index contributed by atoms with van der Waals surface area (Å²) in [5, 5.41) is 1.12.